The maximum atomic E-state index is 11.9. The second-order valence-corrected chi connectivity index (χ2v) is 4.70. The van der Waals surface area contributed by atoms with Crippen LogP contribution < -0.4 is 15.4 Å². The molecule has 1 heterocycles. The topological polar surface area (TPSA) is 76.1 Å². The number of aromatic nitrogens is 2. The van der Waals surface area contributed by atoms with E-state index >= 15 is 0 Å². The summed E-state index contributed by atoms with van der Waals surface area (Å²) in [5.74, 6) is 0.602. The number of benzene rings is 1. The van der Waals surface area contributed by atoms with Gasteiger partial charge in [-0.05, 0) is 29.8 Å². The van der Waals surface area contributed by atoms with Crippen LogP contribution in [0.2, 0.25) is 10.3 Å². The minimum absolute atomic E-state index is 0.0527. The minimum Gasteiger partial charge on any atom is -0.497 e. The summed E-state index contributed by atoms with van der Waals surface area (Å²) >= 11 is 11.7. The Labute approximate surface area is 131 Å². The molecule has 1 amide bonds. The number of anilines is 2. The number of rotatable bonds is 4. The Hall–Kier alpha value is -2.05. The summed E-state index contributed by atoms with van der Waals surface area (Å²) in [6.45, 7) is 0. The standard InChI is InChI=1S/C13H12Cl2N4O2/c1-16-12(20)8-5-7(21-2)3-4-10(8)18-11-9(14)6-17-13(15)19-11/h3-6H,1-2H3,(H,16,20)(H,17,18,19). The Morgan fingerprint density at radius 2 is 2.10 bits per heavy atom. The van der Waals surface area contributed by atoms with Crippen molar-refractivity contribution >= 4 is 40.6 Å². The predicted octanol–water partition coefficient (Wildman–Crippen LogP) is 2.90. The molecule has 1 aromatic carbocycles. The molecule has 0 aliphatic rings. The van der Waals surface area contributed by atoms with E-state index in [2.05, 4.69) is 20.6 Å². The van der Waals surface area contributed by atoms with Crippen molar-refractivity contribution in [3.8, 4) is 5.75 Å². The molecule has 8 heteroatoms. The first-order valence-electron chi connectivity index (χ1n) is 5.90. The first-order chi connectivity index (χ1) is 10.0. The summed E-state index contributed by atoms with van der Waals surface area (Å²) in [4.78, 5) is 19.7. The quantitative estimate of drug-likeness (QED) is 0.845. The largest absolute Gasteiger partial charge is 0.497 e. The van der Waals surface area contributed by atoms with Crippen LogP contribution in [0.4, 0.5) is 11.5 Å². The van der Waals surface area contributed by atoms with E-state index in [0.29, 0.717) is 22.8 Å². The summed E-state index contributed by atoms with van der Waals surface area (Å²) in [6.07, 6.45) is 1.38. The molecule has 110 valence electrons. The van der Waals surface area contributed by atoms with Crippen molar-refractivity contribution in [3.05, 3.63) is 40.3 Å². The van der Waals surface area contributed by atoms with Crippen LogP contribution in [0, 0.1) is 0 Å². The van der Waals surface area contributed by atoms with Gasteiger partial charge in [0.05, 0.1) is 24.6 Å². The number of nitrogens with one attached hydrogen (secondary N) is 2. The molecule has 0 fully saturated rings. The third-order valence-corrected chi connectivity index (χ3v) is 3.12. The lowest BCUT2D eigenvalue weighted by molar-refractivity contribution is 0.0963. The van der Waals surface area contributed by atoms with Crippen LogP contribution in [0.15, 0.2) is 24.4 Å². The summed E-state index contributed by atoms with van der Waals surface area (Å²) in [7, 11) is 3.07. The van der Waals surface area contributed by atoms with E-state index in [1.54, 1.807) is 25.2 Å². The van der Waals surface area contributed by atoms with Gasteiger partial charge in [0.1, 0.15) is 10.8 Å². The Morgan fingerprint density at radius 3 is 2.76 bits per heavy atom. The van der Waals surface area contributed by atoms with Crippen LogP contribution in [0.1, 0.15) is 10.4 Å². The smallest absolute Gasteiger partial charge is 0.253 e. The number of carbonyl (C=O) groups is 1. The molecule has 0 aliphatic carbocycles. The van der Waals surface area contributed by atoms with Gasteiger partial charge in [0.2, 0.25) is 5.28 Å². The number of methoxy groups -OCH3 is 1. The van der Waals surface area contributed by atoms with Gasteiger partial charge in [-0.1, -0.05) is 11.6 Å². The molecule has 0 saturated carbocycles. The number of amides is 1. The molecule has 1 aromatic heterocycles. The van der Waals surface area contributed by atoms with E-state index in [1.165, 1.54) is 13.3 Å². The highest BCUT2D eigenvalue weighted by Gasteiger charge is 2.14. The normalized spacial score (nSPS) is 10.1. The van der Waals surface area contributed by atoms with Gasteiger partial charge in [0, 0.05) is 7.05 Å². The Kier molecular flexibility index (Phi) is 4.82. The number of carbonyl (C=O) groups excluding carboxylic acids is 1. The fourth-order valence-electron chi connectivity index (χ4n) is 1.64. The molecular weight excluding hydrogens is 315 g/mol. The Morgan fingerprint density at radius 1 is 1.33 bits per heavy atom. The zero-order valence-electron chi connectivity index (χ0n) is 11.3. The van der Waals surface area contributed by atoms with Crippen LogP contribution >= 0.6 is 23.2 Å². The van der Waals surface area contributed by atoms with E-state index in [0.717, 1.165) is 0 Å². The molecular formula is C13H12Cl2N4O2. The lowest BCUT2D eigenvalue weighted by Gasteiger charge is -2.13. The zero-order chi connectivity index (χ0) is 15.4. The molecule has 21 heavy (non-hydrogen) atoms. The lowest BCUT2D eigenvalue weighted by atomic mass is 10.1. The molecule has 0 spiro atoms. The molecule has 2 N–H and O–H groups in total. The number of hydrogen-bond donors (Lipinski definition) is 2. The summed E-state index contributed by atoms with van der Waals surface area (Å²) in [5, 5.41) is 5.87. The average Bonchev–Trinajstić information content (AvgIpc) is 2.50. The highest BCUT2D eigenvalue weighted by molar-refractivity contribution is 6.33. The van der Waals surface area contributed by atoms with E-state index < -0.39 is 0 Å². The van der Waals surface area contributed by atoms with Crippen molar-refractivity contribution in [2.75, 3.05) is 19.5 Å². The number of nitrogens with zero attached hydrogens (tertiary/aromatic N) is 2. The van der Waals surface area contributed by atoms with Gasteiger partial charge in [-0.2, -0.15) is 4.98 Å². The van der Waals surface area contributed by atoms with Gasteiger partial charge in [-0.25, -0.2) is 4.98 Å². The van der Waals surface area contributed by atoms with E-state index in [9.17, 15) is 4.79 Å². The van der Waals surface area contributed by atoms with Crippen molar-refractivity contribution in [1.82, 2.24) is 15.3 Å². The molecule has 2 rings (SSSR count). The minimum atomic E-state index is -0.271. The number of ether oxygens (including phenoxy) is 1. The summed E-state index contributed by atoms with van der Waals surface area (Å²) in [5.41, 5.74) is 0.912. The van der Waals surface area contributed by atoms with Crippen LogP contribution in [-0.2, 0) is 0 Å². The summed E-state index contributed by atoms with van der Waals surface area (Å²) < 4.78 is 5.12. The molecule has 0 atom stereocenters. The number of hydrogen-bond acceptors (Lipinski definition) is 5. The maximum absolute atomic E-state index is 11.9. The SMILES string of the molecule is CNC(=O)c1cc(OC)ccc1Nc1nc(Cl)ncc1Cl. The molecule has 0 saturated heterocycles. The average molecular weight is 327 g/mol. The van der Waals surface area contributed by atoms with Crippen molar-refractivity contribution < 1.29 is 9.53 Å². The Balaban J connectivity index is 2.43. The third kappa shape index (κ3) is 3.53. The van der Waals surface area contributed by atoms with E-state index in [4.69, 9.17) is 27.9 Å². The molecule has 0 bridgehead atoms. The van der Waals surface area contributed by atoms with Gasteiger partial charge in [0.15, 0.2) is 5.82 Å². The van der Waals surface area contributed by atoms with Crippen LogP contribution in [0.3, 0.4) is 0 Å². The zero-order valence-corrected chi connectivity index (χ0v) is 12.8. The third-order valence-electron chi connectivity index (χ3n) is 2.67. The van der Waals surface area contributed by atoms with Gasteiger partial charge in [0.25, 0.3) is 5.91 Å². The fraction of sp³-hybridized carbons (Fsp3) is 0.154. The summed E-state index contributed by atoms with van der Waals surface area (Å²) in [6, 6.07) is 5.01. The van der Waals surface area contributed by atoms with Crippen LogP contribution in [-0.4, -0.2) is 30.0 Å². The van der Waals surface area contributed by atoms with Gasteiger partial charge in [-0.15, -0.1) is 0 Å². The van der Waals surface area contributed by atoms with Gasteiger partial charge >= 0.3 is 0 Å². The van der Waals surface area contributed by atoms with Crippen molar-refractivity contribution in [1.29, 1.82) is 0 Å². The lowest BCUT2D eigenvalue weighted by Crippen LogP contribution is -2.19. The van der Waals surface area contributed by atoms with Crippen molar-refractivity contribution in [2.45, 2.75) is 0 Å². The van der Waals surface area contributed by atoms with Gasteiger partial charge < -0.3 is 15.4 Å². The van der Waals surface area contributed by atoms with Crippen molar-refractivity contribution in [3.63, 3.8) is 0 Å². The molecule has 2 aromatic rings. The first-order valence-corrected chi connectivity index (χ1v) is 6.66. The Bertz CT molecular complexity index is 679. The monoisotopic (exact) mass is 326 g/mol. The first kappa shape index (κ1) is 15.3. The molecule has 0 unspecified atom stereocenters. The second kappa shape index (κ2) is 6.60. The highest BCUT2D eigenvalue weighted by atomic mass is 35.5. The highest BCUT2D eigenvalue weighted by Crippen LogP contribution is 2.28. The molecule has 0 radical (unpaired) electrons. The van der Waals surface area contributed by atoms with Crippen LogP contribution in [0.25, 0.3) is 0 Å². The second-order valence-electron chi connectivity index (χ2n) is 3.95. The molecule has 0 aliphatic heterocycles. The van der Waals surface area contributed by atoms with Crippen molar-refractivity contribution in [2.24, 2.45) is 0 Å². The fourth-order valence-corrected chi connectivity index (χ4v) is 1.91. The maximum Gasteiger partial charge on any atom is 0.253 e. The van der Waals surface area contributed by atoms with E-state index in [-0.39, 0.29) is 16.2 Å². The van der Waals surface area contributed by atoms with E-state index in [1.807, 2.05) is 0 Å². The molecule has 6 nitrogen and oxygen atoms in total. The predicted molar refractivity (Wildman–Crippen MR) is 81.7 cm³/mol. The number of halogens is 2. The van der Waals surface area contributed by atoms with Gasteiger partial charge in [-0.3, -0.25) is 4.79 Å². The van der Waals surface area contributed by atoms with Crippen LogP contribution in [0.5, 0.6) is 5.75 Å².